The van der Waals surface area contributed by atoms with Gasteiger partial charge in [0.05, 0.1) is 17.4 Å². The molecule has 0 fully saturated rings. The summed E-state index contributed by atoms with van der Waals surface area (Å²) in [6.07, 6.45) is 3.66. The van der Waals surface area contributed by atoms with Crippen molar-refractivity contribution in [3.63, 3.8) is 0 Å². The molecule has 1 aromatic heterocycles. The Morgan fingerprint density at radius 3 is 2.95 bits per heavy atom. The molecule has 3 N–H and O–H groups in total. The van der Waals surface area contributed by atoms with Gasteiger partial charge in [-0.05, 0) is 23.6 Å². The molecule has 7 heteroatoms. The fourth-order valence-corrected chi connectivity index (χ4v) is 2.50. The molecule has 0 atom stereocenters. The molecule has 108 valence electrons. The lowest BCUT2D eigenvalue weighted by Gasteiger charge is -2.29. The number of carboxylic acid groups (broad SMARTS) is 1. The normalized spacial score (nSPS) is 13.6. The summed E-state index contributed by atoms with van der Waals surface area (Å²) in [4.78, 5) is 25.0. The number of aromatic nitrogens is 2. The van der Waals surface area contributed by atoms with Crippen molar-refractivity contribution < 1.29 is 14.7 Å². The average Bonchev–Trinajstić information content (AvgIpc) is 2.98. The lowest BCUT2D eigenvalue weighted by molar-refractivity contribution is 0.0695. The van der Waals surface area contributed by atoms with Crippen LogP contribution < -0.4 is 5.32 Å². The van der Waals surface area contributed by atoms with Crippen molar-refractivity contribution in [3.8, 4) is 0 Å². The third kappa shape index (κ3) is 2.58. The van der Waals surface area contributed by atoms with Gasteiger partial charge in [0.2, 0.25) is 0 Å². The molecule has 7 nitrogen and oxygen atoms in total. The van der Waals surface area contributed by atoms with Crippen LogP contribution in [0, 0.1) is 0 Å². The Bertz CT molecular complexity index is 682. The summed E-state index contributed by atoms with van der Waals surface area (Å²) in [5.74, 6) is -0.928. The quantitative estimate of drug-likeness (QED) is 0.782. The van der Waals surface area contributed by atoms with Gasteiger partial charge in [-0.2, -0.15) is 5.10 Å². The lowest BCUT2D eigenvalue weighted by Crippen LogP contribution is -2.39. The minimum atomic E-state index is -0.928. The van der Waals surface area contributed by atoms with E-state index in [0.29, 0.717) is 30.8 Å². The van der Waals surface area contributed by atoms with Gasteiger partial charge in [-0.1, -0.05) is 12.1 Å². The summed E-state index contributed by atoms with van der Waals surface area (Å²) < 4.78 is 0. The van der Waals surface area contributed by atoms with Crippen molar-refractivity contribution in [1.29, 1.82) is 0 Å². The minimum Gasteiger partial charge on any atom is -0.478 e. The molecule has 0 spiro atoms. The largest absolute Gasteiger partial charge is 0.478 e. The summed E-state index contributed by atoms with van der Waals surface area (Å²) in [5.41, 5.74) is 2.62. The van der Waals surface area contributed by atoms with Crippen LogP contribution in [-0.2, 0) is 13.0 Å². The first kappa shape index (κ1) is 13.2. The number of hydrogen-bond acceptors (Lipinski definition) is 3. The van der Waals surface area contributed by atoms with Crippen molar-refractivity contribution in [3.05, 3.63) is 47.3 Å². The average molecular weight is 286 g/mol. The van der Waals surface area contributed by atoms with Crippen molar-refractivity contribution in [1.82, 2.24) is 15.1 Å². The maximum atomic E-state index is 12.2. The molecule has 21 heavy (non-hydrogen) atoms. The van der Waals surface area contributed by atoms with E-state index in [-0.39, 0.29) is 6.03 Å². The van der Waals surface area contributed by atoms with Gasteiger partial charge in [0.15, 0.2) is 0 Å². The lowest BCUT2D eigenvalue weighted by atomic mass is 9.95. The molecule has 2 aromatic rings. The first-order chi connectivity index (χ1) is 10.1. The number of anilines is 1. The number of fused-ring (bicyclic) bond motifs is 1. The highest BCUT2D eigenvalue weighted by molar-refractivity contribution is 5.91. The summed E-state index contributed by atoms with van der Waals surface area (Å²) in [6.45, 7) is 0.890. The predicted molar refractivity (Wildman–Crippen MR) is 75.1 cm³/mol. The fraction of sp³-hybridized carbons (Fsp3) is 0.214. The molecule has 1 aromatic carbocycles. The van der Waals surface area contributed by atoms with Crippen molar-refractivity contribution in [2.24, 2.45) is 0 Å². The van der Waals surface area contributed by atoms with Crippen LogP contribution in [0.25, 0.3) is 0 Å². The summed E-state index contributed by atoms with van der Waals surface area (Å²) in [7, 11) is 0. The number of aromatic carboxylic acids is 1. The number of carbonyl (C=O) groups is 2. The summed E-state index contributed by atoms with van der Waals surface area (Å²) in [5, 5.41) is 18.3. The van der Waals surface area contributed by atoms with Crippen molar-refractivity contribution >= 4 is 17.7 Å². The Morgan fingerprint density at radius 1 is 1.38 bits per heavy atom. The monoisotopic (exact) mass is 286 g/mol. The second-order valence-electron chi connectivity index (χ2n) is 4.84. The Labute approximate surface area is 120 Å². The zero-order chi connectivity index (χ0) is 14.8. The Morgan fingerprint density at radius 2 is 2.24 bits per heavy atom. The fourth-order valence-electron chi connectivity index (χ4n) is 2.50. The van der Waals surface area contributed by atoms with Gasteiger partial charge >= 0.3 is 12.0 Å². The molecular weight excluding hydrogens is 272 g/mol. The maximum Gasteiger partial charge on any atom is 0.335 e. The van der Waals surface area contributed by atoms with Crippen LogP contribution >= 0.6 is 0 Å². The molecule has 0 aliphatic carbocycles. The molecule has 1 aliphatic heterocycles. The van der Waals surface area contributed by atoms with E-state index >= 15 is 0 Å². The maximum absolute atomic E-state index is 12.2. The van der Waals surface area contributed by atoms with E-state index in [1.54, 1.807) is 23.2 Å². The zero-order valence-corrected chi connectivity index (χ0v) is 11.2. The number of rotatable bonds is 2. The van der Waals surface area contributed by atoms with Gasteiger partial charge in [0.25, 0.3) is 0 Å². The molecule has 0 saturated heterocycles. The van der Waals surface area contributed by atoms with E-state index in [1.165, 1.54) is 6.20 Å². The highest BCUT2D eigenvalue weighted by atomic mass is 16.4. The van der Waals surface area contributed by atoms with Gasteiger partial charge < -0.3 is 15.3 Å². The number of amides is 2. The molecule has 2 amide bonds. The number of carbonyl (C=O) groups excluding carboxylic acids is 1. The highest BCUT2D eigenvalue weighted by Gasteiger charge is 2.24. The Kier molecular flexibility index (Phi) is 3.31. The van der Waals surface area contributed by atoms with E-state index in [1.807, 2.05) is 6.07 Å². The van der Waals surface area contributed by atoms with Gasteiger partial charge in [0, 0.05) is 19.3 Å². The number of H-pyrrole nitrogens is 1. The molecule has 2 heterocycles. The molecule has 0 saturated carbocycles. The van der Waals surface area contributed by atoms with E-state index in [2.05, 4.69) is 15.5 Å². The van der Waals surface area contributed by atoms with Gasteiger partial charge in [0.1, 0.15) is 0 Å². The summed E-state index contributed by atoms with van der Waals surface area (Å²) in [6, 6.07) is 4.95. The number of carboxylic acids is 1. The van der Waals surface area contributed by atoms with E-state index in [4.69, 9.17) is 0 Å². The van der Waals surface area contributed by atoms with E-state index in [9.17, 15) is 14.7 Å². The number of benzene rings is 1. The van der Waals surface area contributed by atoms with E-state index < -0.39 is 5.97 Å². The smallest absolute Gasteiger partial charge is 0.335 e. The number of nitrogens with one attached hydrogen (secondary N) is 2. The number of urea groups is 1. The molecule has 0 unspecified atom stereocenters. The topological polar surface area (TPSA) is 98.3 Å². The number of nitrogens with zero attached hydrogens (tertiary/aromatic N) is 2. The number of aromatic amines is 1. The van der Waals surface area contributed by atoms with Crippen LogP contribution in [-0.4, -0.2) is 38.7 Å². The first-order valence-corrected chi connectivity index (χ1v) is 6.54. The Balaban J connectivity index is 1.77. The molecule has 0 bridgehead atoms. The minimum absolute atomic E-state index is 0.220. The van der Waals surface area contributed by atoms with Gasteiger partial charge in [-0.25, -0.2) is 9.59 Å². The highest BCUT2D eigenvalue weighted by Crippen LogP contribution is 2.23. The van der Waals surface area contributed by atoms with Gasteiger partial charge in [-0.15, -0.1) is 0 Å². The van der Waals surface area contributed by atoms with Crippen molar-refractivity contribution in [2.45, 2.75) is 13.0 Å². The zero-order valence-electron chi connectivity index (χ0n) is 11.2. The van der Waals surface area contributed by atoms with Crippen LogP contribution in [0.2, 0.25) is 0 Å². The standard InChI is InChI=1S/C14H14N4O3/c19-13(20)12-3-1-2-9-8-18(5-4-11(9)12)14(21)17-10-6-15-16-7-10/h1-3,6-7H,4-5,8H2,(H,15,16)(H,17,21)(H,19,20). The van der Waals surface area contributed by atoms with Crippen LogP contribution in [0.5, 0.6) is 0 Å². The SMILES string of the molecule is O=C(O)c1cccc2c1CCN(C(=O)Nc1cn[nH]c1)C2. The Hall–Kier alpha value is -2.83. The second-order valence-corrected chi connectivity index (χ2v) is 4.84. The van der Waals surface area contributed by atoms with Crippen LogP contribution in [0.4, 0.5) is 10.5 Å². The van der Waals surface area contributed by atoms with E-state index in [0.717, 1.165) is 11.1 Å². The third-order valence-electron chi connectivity index (χ3n) is 3.53. The second kappa shape index (κ2) is 5.28. The molecule has 3 rings (SSSR count). The third-order valence-corrected chi connectivity index (χ3v) is 3.53. The summed E-state index contributed by atoms with van der Waals surface area (Å²) >= 11 is 0. The van der Waals surface area contributed by atoms with Crippen LogP contribution in [0.15, 0.2) is 30.6 Å². The predicted octanol–water partition coefficient (Wildman–Crippen LogP) is 1.70. The van der Waals surface area contributed by atoms with Crippen LogP contribution in [0.1, 0.15) is 21.5 Å². The molecular formula is C14H14N4O3. The molecule has 1 aliphatic rings. The van der Waals surface area contributed by atoms with Crippen LogP contribution in [0.3, 0.4) is 0 Å². The first-order valence-electron chi connectivity index (χ1n) is 6.54. The van der Waals surface area contributed by atoms with Crippen molar-refractivity contribution in [2.75, 3.05) is 11.9 Å². The van der Waals surface area contributed by atoms with Gasteiger partial charge in [-0.3, -0.25) is 5.10 Å². The molecule has 0 radical (unpaired) electrons. The number of hydrogen-bond donors (Lipinski definition) is 3.